The van der Waals surface area contributed by atoms with Crippen molar-refractivity contribution in [2.75, 3.05) is 5.32 Å². The van der Waals surface area contributed by atoms with Crippen molar-refractivity contribution in [1.82, 2.24) is 24.4 Å². The fourth-order valence-corrected chi connectivity index (χ4v) is 3.07. The zero-order chi connectivity index (χ0) is 18.3. The van der Waals surface area contributed by atoms with Gasteiger partial charge in [-0.2, -0.15) is 22.8 Å². The number of fused-ring (bicyclic) bond motifs is 1. The molecule has 1 aromatic carbocycles. The van der Waals surface area contributed by atoms with Crippen molar-refractivity contribution < 1.29 is 13.2 Å². The standard InChI is InChI=1S/C15H9F3N6OS/c16-15(17,18)9-2-1-3-11(6-9)23-8-10(7-20-23)21-13-22-24-12(25)4-5-19-14(24)26-13/h1-8H,(H,21,22). The molecule has 0 aliphatic heterocycles. The van der Waals surface area contributed by atoms with E-state index in [2.05, 4.69) is 20.5 Å². The topological polar surface area (TPSA) is 77.1 Å². The molecule has 3 heterocycles. The molecule has 0 aliphatic carbocycles. The lowest BCUT2D eigenvalue weighted by Gasteiger charge is -2.08. The Morgan fingerprint density at radius 1 is 1.19 bits per heavy atom. The van der Waals surface area contributed by atoms with Gasteiger partial charge in [-0.1, -0.05) is 17.4 Å². The van der Waals surface area contributed by atoms with Gasteiger partial charge >= 0.3 is 6.18 Å². The van der Waals surface area contributed by atoms with Crippen molar-refractivity contribution in [3.63, 3.8) is 0 Å². The van der Waals surface area contributed by atoms with Crippen LogP contribution >= 0.6 is 11.3 Å². The fraction of sp³-hybridized carbons (Fsp3) is 0.0667. The van der Waals surface area contributed by atoms with E-state index in [1.165, 1.54) is 41.5 Å². The van der Waals surface area contributed by atoms with E-state index in [1.807, 2.05) is 0 Å². The van der Waals surface area contributed by atoms with Crippen LogP contribution in [-0.4, -0.2) is 24.4 Å². The third-order valence-electron chi connectivity index (χ3n) is 3.44. The first-order valence-corrected chi connectivity index (χ1v) is 8.06. The molecule has 0 fully saturated rings. The van der Waals surface area contributed by atoms with Gasteiger partial charge in [0.1, 0.15) is 0 Å². The van der Waals surface area contributed by atoms with Crippen LogP contribution in [0.3, 0.4) is 0 Å². The molecule has 26 heavy (non-hydrogen) atoms. The van der Waals surface area contributed by atoms with Crippen LogP contribution in [0.2, 0.25) is 0 Å². The molecule has 0 unspecified atom stereocenters. The zero-order valence-electron chi connectivity index (χ0n) is 12.8. The van der Waals surface area contributed by atoms with Gasteiger partial charge in [-0.3, -0.25) is 4.79 Å². The molecule has 4 rings (SSSR count). The summed E-state index contributed by atoms with van der Waals surface area (Å²) >= 11 is 1.16. The summed E-state index contributed by atoms with van der Waals surface area (Å²) < 4.78 is 41.0. The van der Waals surface area contributed by atoms with Crippen LogP contribution < -0.4 is 10.9 Å². The molecule has 3 aromatic heterocycles. The summed E-state index contributed by atoms with van der Waals surface area (Å²) in [6.07, 6.45) is -0.0585. The lowest BCUT2D eigenvalue weighted by atomic mass is 10.2. The number of rotatable bonds is 3. The number of halogens is 3. The molecule has 0 atom stereocenters. The highest BCUT2D eigenvalue weighted by atomic mass is 32.1. The maximum atomic E-state index is 12.8. The van der Waals surface area contributed by atoms with Crippen LogP contribution in [0.4, 0.5) is 24.0 Å². The zero-order valence-corrected chi connectivity index (χ0v) is 13.6. The molecule has 0 spiro atoms. The highest BCUT2D eigenvalue weighted by Gasteiger charge is 2.30. The van der Waals surface area contributed by atoms with E-state index in [-0.39, 0.29) is 11.2 Å². The van der Waals surface area contributed by atoms with Crippen LogP contribution in [-0.2, 0) is 6.18 Å². The Labute approximate surface area is 147 Å². The second-order valence-electron chi connectivity index (χ2n) is 5.23. The third-order valence-corrected chi connectivity index (χ3v) is 4.28. The number of hydrogen-bond donors (Lipinski definition) is 1. The number of alkyl halides is 3. The summed E-state index contributed by atoms with van der Waals surface area (Å²) in [7, 11) is 0. The molecule has 0 saturated carbocycles. The molecule has 11 heteroatoms. The summed E-state index contributed by atoms with van der Waals surface area (Å²) in [6, 6.07) is 6.14. The largest absolute Gasteiger partial charge is 0.416 e. The summed E-state index contributed by atoms with van der Waals surface area (Å²) in [5.41, 5.74) is -0.278. The number of aromatic nitrogens is 5. The van der Waals surface area contributed by atoms with Crippen molar-refractivity contribution >= 4 is 27.1 Å². The third kappa shape index (κ3) is 3.04. The van der Waals surface area contributed by atoms with Crippen molar-refractivity contribution in [3.05, 3.63) is 64.8 Å². The van der Waals surface area contributed by atoms with Gasteiger partial charge in [0.15, 0.2) is 0 Å². The highest BCUT2D eigenvalue weighted by Crippen LogP contribution is 2.30. The summed E-state index contributed by atoms with van der Waals surface area (Å²) in [4.78, 5) is 16.1. The van der Waals surface area contributed by atoms with Crippen LogP contribution in [0.5, 0.6) is 0 Å². The Kier molecular flexibility index (Phi) is 3.72. The van der Waals surface area contributed by atoms with Crippen LogP contribution in [0.1, 0.15) is 5.56 Å². The van der Waals surface area contributed by atoms with E-state index in [0.717, 1.165) is 28.0 Å². The number of benzene rings is 1. The van der Waals surface area contributed by atoms with Crippen LogP contribution in [0.15, 0.2) is 53.7 Å². The summed E-state index contributed by atoms with van der Waals surface area (Å²) in [5.74, 6) is 0. The summed E-state index contributed by atoms with van der Waals surface area (Å²) in [6.45, 7) is 0. The van der Waals surface area contributed by atoms with Gasteiger partial charge in [-0.15, -0.1) is 5.10 Å². The van der Waals surface area contributed by atoms with E-state index in [0.29, 0.717) is 15.8 Å². The van der Waals surface area contributed by atoms with Gasteiger partial charge in [0.05, 0.1) is 29.3 Å². The SMILES string of the molecule is O=c1ccnc2sc(Nc3cnn(-c4cccc(C(F)(F)F)c4)c3)nn12. The minimum atomic E-state index is -4.43. The Balaban J connectivity index is 1.62. The normalized spacial score (nSPS) is 11.8. The number of nitrogens with one attached hydrogen (secondary N) is 1. The molecule has 0 bridgehead atoms. The van der Waals surface area contributed by atoms with E-state index >= 15 is 0 Å². The second kappa shape index (κ2) is 5.95. The molecule has 0 saturated heterocycles. The van der Waals surface area contributed by atoms with Gasteiger partial charge in [0.25, 0.3) is 5.56 Å². The minimum absolute atomic E-state index is 0.273. The monoisotopic (exact) mass is 378 g/mol. The maximum Gasteiger partial charge on any atom is 0.416 e. The molecule has 0 radical (unpaired) electrons. The van der Waals surface area contributed by atoms with E-state index in [9.17, 15) is 18.0 Å². The van der Waals surface area contributed by atoms with Crippen molar-refractivity contribution in [3.8, 4) is 5.69 Å². The predicted molar refractivity (Wildman–Crippen MR) is 89.0 cm³/mol. The van der Waals surface area contributed by atoms with Crippen molar-refractivity contribution in [2.45, 2.75) is 6.18 Å². The molecule has 132 valence electrons. The first-order valence-electron chi connectivity index (χ1n) is 7.24. The Morgan fingerprint density at radius 3 is 2.81 bits per heavy atom. The first-order chi connectivity index (χ1) is 12.4. The highest BCUT2D eigenvalue weighted by molar-refractivity contribution is 7.20. The fourth-order valence-electron chi connectivity index (χ4n) is 2.27. The van der Waals surface area contributed by atoms with Gasteiger partial charge in [-0.05, 0) is 18.2 Å². The molecule has 0 aliphatic rings. The number of anilines is 2. The molecule has 7 nitrogen and oxygen atoms in total. The number of hydrogen-bond acceptors (Lipinski definition) is 6. The van der Waals surface area contributed by atoms with E-state index < -0.39 is 11.7 Å². The number of nitrogens with zero attached hydrogens (tertiary/aromatic N) is 5. The average molecular weight is 378 g/mol. The minimum Gasteiger partial charge on any atom is -0.327 e. The van der Waals surface area contributed by atoms with Gasteiger partial charge < -0.3 is 5.32 Å². The molecular formula is C15H9F3N6OS. The second-order valence-corrected chi connectivity index (χ2v) is 6.19. The molecule has 1 N–H and O–H groups in total. The molecular weight excluding hydrogens is 369 g/mol. The van der Waals surface area contributed by atoms with E-state index in [4.69, 9.17) is 0 Å². The Hall–Kier alpha value is -3.21. The Morgan fingerprint density at radius 2 is 2.04 bits per heavy atom. The Bertz CT molecular complexity index is 1150. The molecule has 4 aromatic rings. The van der Waals surface area contributed by atoms with Crippen molar-refractivity contribution in [1.29, 1.82) is 0 Å². The first kappa shape index (κ1) is 16.3. The van der Waals surface area contributed by atoms with Crippen LogP contribution in [0, 0.1) is 0 Å². The van der Waals surface area contributed by atoms with Gasteiger partial charge in [0.2, 0.25) is 10.1 Å². The summed E-state index contributed by atoms with van der Waals surface area (Å²) in [5, 5.41) is 11.5. The average Bonchev–Trinajstić information content (AvgIpc) is 3.22. The van der Waals surface area contributed by atoms with Gasteiger partial charge in [-0.25, -0.2) is 9.67 Å². The maximum absolute atomic E-state index is 12.8. The van der Waals surface area contributed by atoms with Crippen LogP contribution in [0.25, 0.3) is 10.6 Å². The van der Waals surface area contributed by atoms with Crippen molar-refractivity contribution in [2.24, 2.45) is 0 Å². The molecule has 0 amide bonds. The predicted octanol–water partition coefficient (Wildman–Crippen LogP) is 3.10. The van der Waals surface area contributed by atoms with E-state index in [1.54, 1.807) is 0 Å². The quantitative estimate of drug-likeness (QED) is 0.593. The lowest BCUT2D eigenvalue weighted by molar-refractivity contribution is -0.137. The smallest absolute Gasteiger partial charge is 0.327 e. The van der Waals surface area contributed by atoms with Gasteiger partial charge in [0, 0.05) is 12.3 Å². The lowest BCUT2D eigenvalue weighted by Crippen LogP contribution is -2.12.